The van der Waals surface area contributed by atoms with Gasteiger partial charge in [0.2, 0.25) is 5.91 Å². The minimum absolute atomic E-state index is 0. The summed E-state index contributed by atoms with van der Waals surface area (Å²) in [6.07, 6.45) is 4.08. The maximum Gasteiger partial charge on any atom is 0.321 e. The number of nitrogens with zero attached hydrogens (tertiary/aromatic N) is 2. The Bertz CT molecular complexity index is 667. The van der Waals surface area contributed by atoms with Gasteiger partial charge in [0, 0.05) is 18.1 Å². The zero-order valence-electron chi connectivity index (χ0n) is 14.0. The summed E-state index contributed by atoms with van der Waals surface area (Å²) in [5, 5.41) is 2.87. The highest BCUT2D eigenvalue weighted by atomic mass is 35.5. The first-order valence-corrected chi connectivity index (χ1v) is 7.63. The highest BCUT2D eigenvalue weighted by molar-refractivity contribution is 5.95. The van der Waals surface area contributed by atoms with E-state index in [-0.39, 0.29) is 30.2 Å². The van der Waals surface area contributed by atoms with Crippen molar-refractivity contribution in [3.63, 3.8) is 0 Å². The van der Waals surface area contributed by atoms with Crippen molar-refractivity contribution in [3.05, 3.63) is 42.2 Å². The lowest BCUT2D eigenvalue weighted by Crippen LogP contribution is -2.40. The monoisotopic (exact) mass is 350 g/mol. The first kappa shape index (κ1) is 19.9. The molecule has 2 aromatic rings. The molecular weight excluding hydrogens is 328 g/mol. The van der Waals surface area contributed by atoms with Crippen LogP contribution in [0.25, 0.3) is 0 Å². The van der Waals surface area contributed by atoms with Crippen molar-refractivity contribution in [2.45, 2.75) is 33.2 Å². The summed E-state index contributed by atoms with van der Waals surface area (Å²) in [6.45, 7) is 5.87. The number of aromatic nitrogens is 2. The van der Waals surface area contributed by atoms with Gasteiger partial charge in [0.05, 0.1) is 6.04 Å². The number of hydrogen-bond acceptors (Lipinski definition) is 5. The van der Waals surface area contributed by atoms with Gasteiger partial charge in [-0.15, -0.1) is 12.4 Å². The van der Waals surface area contributed by atoms with E-state index >= 15 is 0 Å². The Labute approximate surface area is 148 Å². The van der Waals surface area contributed by atoms with Gasteiger partial charge in [0.15, 0.2) is 0 Å². The fourth-order valence-corrected chi connectivity index (χ4v) is 2.01. The number of rotatable bonds is 6. The molecule has 0 saturated carbocycles. The van der Waals surface area contributed by atoms with Crippen LogP contribution in [0.5, 0.6) is 11.8 Å². The number of amides is 1. The molecule has 0 bridgehead atoms. The highest BCUT2D eigenvalue weighted by Gasteiger charge is 2.20. The molecule has 0 fully saturated rings. The normalized spacial score (nSPS) is 12.7. The van der Waals surface area contributed by atoms with Crippen LogP contribution in [0.15, 0.2) is 36.7 Å². The number of nitrogens with two attached hydrogens (primary N) is 1. The zero-order chi connectivity index (χ0) is 16.8. The largest absolute Gasteiger partial charge is 0.424 e. The number of anilines is 1. The van der Waals surface area contributed by atoms with Gasteiger partial charge in [-0.1, -0.05) is 20.3 Å². The Kier molecular flexibility index (Phi) is 7.61. The van der Waals surface area contributed by atoms with Gasteiger partial charge in [0.1, 0.15) is 5.75 Å². The lowest BCUT2D eigenvalue weighted by Gasteiger charge is -2.18. The van der Waals surface area contributed by atoms with E-state index in [0.29, 0.717) is 5.75 Å². The molecule has 1 heterocycles. The summed E-state index contributed by atoms with van der Waals surface area (Å²) < 4.78 is 5.56. The van der Waals surface area contributed by atoms with Crippen LogP contribution in [0, 0.1) is 12.8 Å². The number of aryl methyl sites for hydroxylation is 1. The molecule has 0 aliphatic carbocycles. The fraction of sp³-hybridized carbons (Fsp3) is 0.353. The van der Waals surface area contributed by atoms with Crippen molar-refractivity contribution >= 4 is 24.0 Å². The summed E-state index contributed by atoms with van der Waals surface area (Å²) in [6, 6.07) is 6.84. The van der Waals surface area contributed by atoms with Crippen LogP contribution >= 0.6 is 12.4 Å². The lowest BCUT2D eigenvalue weighted by atomic mass is 9.99. The highest BCUT2D eigenvalue weighted by Crippen LogP contribution is 2.24. The van der Waals surface area contributed by atoms with E-state index in [2.05, 4.69) is 15.3 Å². The molecule has 2 rings (SSSR count). The lowest BCUT2D eigenvalue weighted by molar-refractivity contribution is -0.118. The number of ether oxygens (including phenoxy) is 1. The van der Waals surface area contributed by atoms with Crippen molar-refractivity contribution < 1.29 is 9.53 Å². The van der Waals surface area contributed by atoms with Gasteiger partial charge in [-0.2, -0.15) is 0 Å². The molecule has 0 saturated heterocycles. The summed E-state index contributed by atoms with van der Waals surface area (Å²) in [5.41, 5.74) is 7.54. The third kappa shape index (κ3) is 5.18. The number of carbonyl (C=O) groups excluding carboxylic acids is 1. The number of hydrogen-bond donors (Lipinski definition) is 2. The zero-order valence-corrected chi connectivity index (χ0v) is 14.8. The summed E-state index contributed by atoms with van der Waals surface area (Å²) >= 11 is 0. The number of benzene rings is 1. The molecule has 1 amide bonds. The van der Waals surface area contributed by atoms with Crippen molar-refractivity contribution in [2.24, 2.45) is 11.7 Å². The molecule has 3 N–H and O–H groups in total. The van der Waals surface area contributed by atoms with Gasteiger partial charge < -0.3 is 15.8 Å². The van der Waals surface area contributed by atoms with Crippen LogP contribution in [0.1, 0.15) is 25.8 Å². The molecule has 1 aromatic carbocycles. The minimum Gasteiger partial charge on any atom is -0.424 e. The first-order chi connectivity index (χ1) is 11.0. The Balaban J connectivity index is 0.00000288. The molecule has 2 atom stereocenters. The average molecular weight is 351 g/mol. The Hall–Kier alpha value is -2.18. The third-order valence-corrected chi connectivity index (χ3v) is 3.77. The van der Waals surface area contributed by atoms with Crippen LogP contribution in [0.2, 0.25) is 0 Å². The SMILES string of the molecule is CCC(C)C(N)C(=O)Nc1ccc(Oc2ncccn2)cc1C.Cl. The predicted octanol–water partition coefficient (Wildman–Crippen LogP) is 3.31. The number of carbonyl (C=O) groups is 1. The predicted molar refractivity (Wildman–Crippen MR) is 96.6 cm³/mol. The first-order valence-electron chi connectivity index (χ1n) is 7.63. The second-order valence-electron chi connectivity index (χ2n) is 5.51. The minimum atomic E-state index is -0.520. The van der Waals surface area contributed by atoms with Crippen molar-refractivity contribution in [3.8, 4) is 11.8 Å². The van der Waals surface area contributed by atoms with E-state index in [1.165, 1.54) is 0 Å². The second kappa shape index (κ2) is 9.20. The fourth-order valence-electron chi connectivity index (χ4n) is 2.01. The third-order valence-electron chi connectivity index (χ3n) is 3.77. The maximum atomic E-state index is 12.2. The molecule has 0 aliphatic heterocycles. The van der Waals surface area contributed by atoms with Crippen LogP contribution < -0.4 is 15.8 Å². The van der Waals surface area contributed by atoms with Gasteiger partial charge in [-0.25, -0.2) is 9.97 Å². The topological polar surface area (TPSA) is 90.1 Å². The maximum absolute atomic E-state index is 12.2. The Morgan fingerprint density at radius 3 is 2.58 bits per heavy atom. The molecule has 1 aromatic heterocycles. The Morgan fingerprint density at radius 1 is 1.33 bits per heavy atom. The van der Waals surface area contributed by atoms with Crippen LogP contribution in [-0.2, 0) is 4.79 Å². The van der Waals surface area contributed by atoms with Crippen molar-refractivity contribution in [1.82, 2.24) is 9.97 Å². The van der Waals surface area contributed by atoms with E-state index in [1.807, 2.05) is 26.8 Å². The van der Waals surface area contributed by atoms with Gasteiger partial charge >= 0.3 is 6.01 Å². The van der Waals surface area contributed by atoms with E-state index in [9.17, 15) is 4.79 Å². The quantitative estimate of drug-likeness (QED) is 0.834. The Morgan fingerprint density at radius 2 is 2.00 bits per heavy atom. The molecular formula is C17H23ClN4O2. The average Bonchev–Trinajstić information content (AvgIpc) is 2.56. The van der Waals surface area contributed by atoms with Crippen LogP contribution in [0.4, 0.5) is 5.69 Å². The smallest absolute Gasteiger partial charge is 0.321 e. The van der Waals surface area contributed by atoms with Gasteiger partial charge in [-0.3, -0.25) is 4.79 Å². The van der Waals surface area contributed by atoms with E-state index < -0.39 is 6.04 Å². The second-order valence-corrected chi connectivity index (χ2v) is 5.51. The summed E-state index contributed by atoms with van der Waals surface area (Å²) in [7, 11) is 0. The molecule has 7 heteroatoms. The summed E-state index contributed by atoms with van der Waals surface area (Å²) in [5.74, 6) is 0.563. The number of nitrogens with one attached hydrogen (secondary N) is 1. The molecule has 6 nitrogen and oxygen atoms in total. The van der Waals surface area contributed by atoms with Gasteiger partial charge in [0.25, 0.3) is 0 Å². The molecule has 0 spiro atoms. The van der Waals surface area contributed by atoms with E-state index in [4.69, 9.17) is 10.5 Å². The number of halogens is 1. The van der Waals surface area contributed by atoms with Crippen molar-refractivity contribution in [2.75, 3.05) is 5.32 Å². The van der Waals surface area contributed by atoms with Gasteiger partial charge in [-0.05, 0) is 42.7 Å². The standard InChI is InChI=1S/C17H22N4O2.ClH/c1-4-11(2)15(18)16(22)21-14-7-6-13(10-12(14)3)23-17-19-8-5-9-20-17;/h5-11,15H,4,18H2,1-3H3,(H,21,22);1H. The molecule has 130 valence electrons. The molecule has 24 heavy (non-hydrogen) atoms. The van der Waals surface area contributed by atoms with E-state index in [0.717, 1.165) is 17.7 Å². The molecule has 0 radical (unpaired) electrons. The van der Waals surface area contributed by atoms with Crippen molar-refractivity contribution in [1.29, 1.82) is 0 Å². The molecule has 0 aliphatic rings. The molecule has 2 unspecified atom stereocenters. The summed E-state index contributed by atoms with van der Waals surface area (Å²) in [4.78, 5) is 20.2. The van der Waals surface area contributed by atoms with Crippen LogP contribution in [0.3, 0.4) is 0 Å². The van der Waals surface area contributed by atoms with Crippen LogP contribution in [-0.4, -0.2) is 21.9 Å². The van der Waals surface area contributed by atoms with E-state index in [1.54, 1.807) is 30.6 Å².